The van der Waals surface area contributed by atoms with Gasteiger partial charge in [0.2, 0.25) is 15.9 Å². The van der Waals surface area contributed by atoms with Crippen LogP contribution in [-0.4, -0.2) is 75.1 Å². The van der Waals surface area contributed by atoms with Crippen molar-refractivity contribution in [3.05, 3.63) is 59.6 Å². The Bertz CT molecular complexity index is 1710. The topological polar surface area (TPSA) is 141 Å². The minimum Gasteiger partial charge on any atom is -0.495 e. The monoisotopic (exact) mass is 653 g/mol. The maximum Gasteiger partial charge on any atom is 0.265 e. The van der Waals surface area contributed by atoms with E-state index in [9.17, 15) is 21.6 Å². The van der Waals surface area contributed by atoms with Crippen LogP contribution in [0.5, 0.6) is 23.0 Å². The normalized spacial score (nSPS) is 13.8. The van der Waals surface area contributed by atoms with Gasteiger partial charge in [0.15, 0.2) is 11.5 Å². The minimum atomic E-state index is -4.44. The highest BCUT2D eigenvalue weighted by Crippen LogP contribution is 2.37. The summed E-state index contributed by atoms with van der Waals surface area (Å²) in [6, 6.07) is 12.5. The fraction of sp³-hybridized carbons (Fsp3) is 0.321. The molecule has 1 heterocycles. The second-order valence-electron chi connectivity index (χ2n) is 9.37. The van der Waals surface area contributed by atoms with Gasteiger partial charge in [-0.05, 0) is 61.4 Å². The highest BCUT2D eigenvalue weighted by Gasteiger charge is 2.32. The van der Waals surface area contributed by atoms with E-state index in [0.29, 0.717) is 18.8 Å². The number of amides is 1. The average molecular weight is 654 g/mol. The predicted molar refractivity (Wildman–Crippen MR) is 162 cm³/mol. The first-order valence-electron chi connectivity index (χ1n) is 13.0. The first-order valence-corrected chi connectivity index (χ1v) is 16.3. The van der Waals surface area contributed by atoms with Gasteiger partial charge in [0.1, 0.15) is 18.0 Å². The van der Waals surface area contributed by atoms with Gasteiger partial charge < -0.3 is 24.3 Å². The van der Waals surface area contributed by atoms with Crippen molar-refractivity contribution in [3.63, 3.8) is 0 Å². The predicted octanol–water partition coefficient (Wildman–Crippen LogP) is 3.99. The fourth-order valence-corrected chi connectivity index (χ4v) is 7.75. The van der Waals surface area contributed by atoms with E-state index < -0.39 is 32.5 Å². The van der Waals surface area contributed by atoms with Crippen LogP contribution in [0.4, 0.5) is 11.4 Å². The van der Waals surface area contributed by atoms with Crippen LogP contribution >= 0.6 is 11.6 Å². The Morgan fingerprint density at radius 2 is 1.37 bits per heavy atom. The number of nitrogens with zero attached hydrogens (tertiary/aromatic N) is 2. The molecule has 1 N–H and O–H groups in total. The number of hydrogen-bond donors (Lipinski definition) is 1. The third-order valence-electron chi connectivity index (χ3n) is 6.79. The van der Waals surface area contributed by atoms with Crippen LogP contribution in [0, 0.1) is 0 Å². The number of carbonyl (C=O) groups is 1. The zero-order valence-corrected chi connectivity index (χ0v) is 26.4. The van der Waals surface area contributed by atoms with E-state index in [1.165, 1.54) is 87.3 Å². The van der Waals surface area contributed by atoms with Crippen LogP contribution in [0.2, 0.25) is 5.02 Å². The molecule has 0 aliphatic carbocycles. The van der Waals surface area contributed by atoms with Gasteiger partial charge in [-0.3, -0.25) is 9.10 Å². The van der Waals surface area contributed by atoms with Gasteiger partial charge in [-0.25, -0.2) is 16.8 Å². The molecular formula is C28H32ClN3O9S2. The Balaban J connectivity index is 1.74. The van der Waals surface area contributed by atoms with Crippen molar-refractivity contribution < 1.29 is 40.6 Å². The molecule has 3 aromatic rings. The van der Waals surface area contributed by atoms with Gasteiger partial charge in [0, 0.05) is 24.2 Å². The van der Waals surface area contributed by atoms with Crippen molar-refractivity contribution in [3.8, 4) is 23.0 Å². The van der Waals surface area contributed by atoms with E-state index in [1.54, 1.807) is 0 Å². The van der Waals surface area contributed by atoms with Gasteiger partial charge in [0.05, 0.1) is 49.6 Å². The molecule has 0 atom stereocenters. The van der Waals surface area contributed by atoms with Crippen LogP contribution < -0.4 is 28.6 Å². The highest BCUT2D eigenvalue weighted by atomic mass is 35.5. The summed E-state index contributed by atoms with van der Waals surface area (Å²) in [6.45, 7) is 0.0701. The first-order chi connectivity index (χ1) is 20.5. The number of nitrogens with one attached hydrogen (secondary N) is 1. The minimum absolute atomic E-state index is 0.00254. The number of sulfonamides is 2. The van der Waals surface area contributed by atoms with Gasteiger partial charge in [-0.15, -0.1) is 0 Å². The lowest BCUT2D eigenvalue weighted by Gasteiger charge is -2.26. The van der Waals surface area contributed by atoms with Gasteiger partial charge in [-0.2, -0.15) is 4.31 Å². The molecule has 0 saturated carbocycles. The number of anilines is 2. The maximum atomic E-state index is 14.1. The first kappa shape index (κ1) is 32.2. The van der Waals surface area contributed by atoms with Gasteiger partial charge >= 0.3 is 0 Å². The van der Waals surface area contributed by atoms with Crippen molar-refractivity contribution in [1.82, 2.24) is 4.31 Å². The molecule has 4 rings (SSSR count). The number of ether oxygens (including phenoxy) is 4. The molecule has 0 aromatic heterocycles. The number of carbonyl (C=O) groups excluding carboxylic acids is 1. The zero-order chi connectivity index (χ0) is 31.4. The maximum absolute atomic E-state index is 14.1. The summed E-state index contributed by atoms with van der Waals surface area (Å²) in [7, 11) is -2.75. The van der Waals surface area contributed by atoms with Crippen molar-refractivity contribution in [2.45, 2.75) is 22.6 Å². The third-order valence-corrected chi connectivity index (χ3v) is 10.7. The van der Waals surface area contributed by atoms with Crippen molar-refractivity contribution in [1.29, 1.82) is 0 Å². The lowest BCUT2D eigenvalue weighted by Crippen LogP contribution is -2.38. The van der Waals surface area contributed by atoms with E-state index in [4.69, 9.17) is 30.5 Å². The summed E-state index contributed by atoms with van der Waals surface area (Å²) in [6.07, 6.45) is 1.52. The number of hydrogen-bond acceptors (Lipinski definition) is 9. The smallest absolute Gasteiger partial charge is 0.265 e. The molecule has 15 heteroatoms. The quantitative estimate of drug-likeness (QED) is 0.307. The Kier molecular flexibility index (Phi) is 9.95. The third kappa shape index (κ3) is 6.77. The molecule has 0 radical (unpaired) electrons. The summed E-state index contributed by atoms with van der Waals surface area (Å²) in [4.78, 5) is 13.3. The van der Waals surface area contributed by atoms with Crippen LogP contribution in [-0.2, 0) is 24.8 Å². The van der Waals surface area contributed by atoms with E-state index >= 15 is 0 Å². The lowest BCUT2D eigenvalue weighted by molar-refractivity contribution is -0.114. The molecule has 1 aliphatic heterocycles. The second kappa shape index (κ2) is 13.3. The number of methoxy groups -OCH3 is 4. The Labute approximate surface area is 256 Å². The zero-order valence-electron chi connectivity index (χ0n) is 24.0. The summed E-state index contributed by atoms with van der Waals surface area (Å²) in [5, 5.41) is 2.81. The molecule has 1 fully saturated rings. The van der Waals surface area contributed by atoms with Gasteiger partial charge in [0.25, 0.3) is 10.0 Å². The SMILES string of the molecule is COc1ccc(S(=O)(=O)N2CCCC2)cc1NC(=O)CN(c1cc(Cl)ccc1OC)S(=O)(=O)c1ccc(OC)c(OC)c1. The fourth-order valence-electron chi connectivity index (χ4n) is 4.60. The average Bonchev–Trinajstić information content (AvgIpc) is 3.55. The Morgan fingerprint density at radius 3 is 2.00 bits per heavy atom. The van der Waals surface area contributed by atoms with Crippen molar-refractivity contribution in [2.24, 2.45) is 0 Å². The Morgan fingerprint density at radius 1 is 0.791 bits per heavy atom. The molecule has 0 unspecified atom stereocenters. The van der Waals surface area contributed by atoms with Crippen molar-refractivity contribution in [2.75, 3.05) is 57.7 Å². The standard InChI is InChI=1S/C28H32ClN3O9S2/c1-38-24-11-8-20(42(34,35)31-13-5-6-14-31)16-22(24)30-28(33)18-32(23-15-19(29)7-10-25(23)39-2)43(36,37)21-9-12-26(40-3)27(17-21)41-4/h7-12,15-17H,5-6,13-14,18H2,1-4H3,(H,30,33). The largest absolute Gasteiger partial charge is 0.495 e. The second-order valence-corrected chi connectivity index (χ2v) is 13.6. The Hall–Kier alpha value is -3.72. The summed E-state index contributed by atoms with van der Waals surface area (Å²) < 4.78 is 77.9. The molecule has 12 nitrogen and oxygen atoms in total. The number of rotatable bonds is 12. The molecule has 0 bridgehead atoms. The molecule has 1 saturated heterocycles. The van der Waals surface area contributed by atoms with Crippen LogP contribution in [0.1, 0.15) is 12.8 Å². The van der Waals surface area contributed by atoms with E-state index in [1.807, 2.05) is 0 Å². The summed E-state index contributed by atoms with van der Waals surface area (Å²) in [5.74, 6) is -0.00488. The molecule has 232 valence electrons. The molecule has 1 aliphatic rings. The molecule has 3 aromatic carbocycles. The van der Waals surface area contributed by atoms with Crippen LogP contribution in [0.15, 0.2) is 64.4 Å². The molecular weight excluding hydrogens is 622 g/mol. The van der Waals surface area contributed by atoms with Crippen LogP contribution in [0.3, 0.4) is 0 Å². The van der Waals surface area contributed by atoms with E-state index in [2.05, 4.69) is 5.32 Å². The number of benzene rings is 3. The van der Waals surface area contributed by atoms with Gasteiger partial charge in [-0.1, -0.05) is 11.6 Å². The molecule has 43 heavy (non-hydrogen) atoms. The van der Waals surface area contributed by atoms with Crippen molar-refractivity contribution >= 4 is 48.9 Å². The lowest BCUT2D eigenvalue weighted by atomic mass is 10.2. The summed E-state index contributed by atoms with van der Waals surface area (Å²) in [5.41, 5.74) is 0.0477. The molecule has 0 spiro atoms. The van der Waals surface area contributed by atoms with E-state index in [0.717, 1.165) is 17.1 Å². The van der Waals surface area contributed by atoms with E-state index in [-0.39, 0.29) is 43.4 Å². The van der Waals surface area contributed by atoms with Crippen LogP contribution in [0.25, 0.3) is 0 Å². The summed E-state index contributed by atoms with van der Waals surface area (Å²) >= 11 is 6.23. The molecule has 1 amide bonds. The number of halogens is 1. The highest BCUT2D eigenvalue weighted by molar-refractivity contribution is 7.93.